The molecular formula is C16H31NO. The molecule has 0 N–H and O–H groups in total. The minimum Gasteiger partial charge on any atom is -0.379 e. The number of ether oxygens (including phenoxy) is 1. The molecule has 0 radical (unpaired) electrons. The summed E-state index contributed by atoms with van der Waals surface area (Å²) in [5.74, 6) is 1.95. The third-order valence-electron chi connectivity index (χ3n) is 5.00. The van der Waals surface area contributed by atoms with Crippen LogP contribution in [0.1, 0.15) is 58.8 Å². The third kappa shape index (κ3) is 4.24. The molecule has 18 heavy (non-hydrogen) atoms. The normalized spacial score (nSPS) is 31.7. The first-order chi connectivity index (χ1) is 8.81. The predicted octanol–water partition coefficient (Wildman–Crippen LogP) is 3.70. The molecule has 0 spiro atoms. The lowest BCUT2D eigenvalue weighted by Gasteiger charge is -2.36. The number of hydrogen-bond acceptors (Lipinski definition) is 2. The van der Waals surface area contributed by atoms with Crippen LogP contribution >= 0.6 is 0 Å². The first-order valence-corrected chi connectivity index (χ1v) is 8.15. The largest absolute Gasteiger partial charge is 0.379 e. The molecule has 2 heteroatoms. The molecular weight excluding hydrogens is 222 g/mol. The van der Waals surface area contributed by atoms with Crippen molar-refractivity contribution < 1.29 is 4.74 Å². The van der Waals surface area contributed by atoms with E-state index in [1.54, 1.807) is 0 Å². The molecule has 2 aliphatic rings. The topological polar surface area (TPSA) is 12.5 Å². The molecule has 2 rings (SSSR count). The van der Waals surface area contributed by atoms with Crippen molar-refractivity contribution >= 4 is 0 Å². The number of piperidine rings is 1. The van der Waals surface area contributed by atoms with Crippen LogP contribution in [0.4, 0.5) is 0 Å². The molecule has 1 saturated heterocycles. The van der Waals surface area contributed by atoms with Crippen molar-refractivity contribution in [3.05, 3.63) is 0 Å². The Labute approximate surface area is 113 Å². The highest BCUT2D eigenvalue weighted by molar-refractivity contribution is 4.78. The number of hydrogen-bond donors (Lipinski definition) is 0. The van der Waals surface area contributed by atoms with Crippen molar-refractivity contribution in [2.24, 2.45) is 11.8 Å². The van der Waals surface area contributed by atoms with E-state index in [2.05, 4.69) is 18.7 Å². The van der Waals surface area contributed by atoms with Gasteiger partial charge in [0.1, 0.15) is 0 Å². The highest BCUT2D eigenvalue weighted by Crippen LogP contribution is 2.28. The summed E-state index contributed by atoms with van der Waals surface area (Å²) in [5.41, 5.74) is 0. The van der Waals surface area contributed by atoms with Gasteiger partial charge in [0.25, 0.3) is 0 Å². The molecule has 0 bridgehead atoms. The van der Waals surface area contributed by atoms with Gasteiger partial charge in [-0.1, -0.05) is 13.3 Å². The fourth-order valence-electron chi connectivity index (χ4n) is 3.66. The van der Waals surface area contributed by atoms with Crippen LogP contribution in [-0.4, -0.2) is 37.2 Å². The van der Waals surface area contributed by atoms with Crippen LogP contribution in [0.3, 0.4) is 0 Å². The van der Waals surface area contributed by atoms with E-state index in [1.807, 2.05) is 0 Å². The average Bonchev–Trinajstić information content (AvgIpc) is 2.42. The lowest BCUT2D eigenvalue weighted by molar-refractivity contribution is 0.0193. The SMILES string of the molecule is CCOC1CCC(CN2CCC(CC)CC2)CC1. The van der Waals surface area contributed by atoms with Gasteiger partial charge in [0.05, 0.1) is 6.10 Å². The van der Waals surface area contributed by atoms with Crippen molar-refractivity contribution in [3.8, 4) is 0 Å². The Morgan fingerprint density at radius 3 is 2.11 bits per heavy atom. The van der Waals surface area contributed by atoms with E-state index in [1.165, 1.54) is 64.6 Å². The minimum absolute atomic E-state index is 0.567. The molecule has 1 saturated carbocycles. The first kappa shape index (κ1) is 14.3. The lowest BCUT2D eigenvalue weighted by Crippen LogP contribution is -2.38. The summed E-state index contributed by atoms with van der Waals surface area (Å²) in [6, 6.07) is 0. The van der Waals surface area contributed by atoms with E-state index < -0.39 is 0 Å². The molecule has 2 nitrogen and oxygen atoms in total. The Morgan fingerprint density at radius 2 is 1.56 bits per heavy atom. The lowest BCUT2D eigenvalue weighted by atomic mass is 9.86. The second-order valence-electron chi connectivity index (χ2n) is 6.25. The molecule has 0 aromatic carbocycles. The molecule has 0 unspecified atom stereocenters. The molecule has 0 atom stereocenters. The van der Waals surface area contributed by atoms with Gasteiger partial charge in [0.15, 0.2) is 0 Å². The zero-order chi connectivity index (χ0) is 12.8. The summed E-state index contributed by atoms with van der Waals surface area (Å²) in [6.07, 6.45) is 10.2. The smallest absolute Gasteiger partial charge is 0.0575 e. The van der Waals surface area contributed by atoms with Crippen LogP contribution in [0.15, 0.2) is 0 Å². The van der Waals surface area contributed by atoms with E-state index >= 15 is 0 Å². The van der Waals surface area contributed by atoms with Crippen LogP contribution in [-0.2, 0) is 4.74 Å². The van der Waals surface area contributed by atoms with Gasteiger partial charge in [-0.05, 0) is 70.4 Å². The van der Waals surface area contributed by atoms with Gasteiger partial charge in [-0.15, -0.1) is 0 Å². The first-order valence-electron chi connectivity index (χ1n) is 8.15. The van der Waals surface area contributed by atoms with Crippen molar-refractivity contribution in [1.29, 1.82) is 0 Å². The Morgan fingerprint density at radius 1 is 0.889 bits per heavy atom. The summed E-state index contributed by atoms with van der Waals surface area (Å²) in [6.45, 7) is 9.40. The molecule has 1 aliphatic carbocycles. The number of rotatable bonds is 5. The third-order valence-corrected chi connectivity index (χ3v) is 5.00. The molecule has 0 aromatic rings. The van der Waals surface area contributed by atoms with E-state index in [9.17, 15) is 0 Å². The maximum absolute atomic E-state index is 5.74. The molecule has 1 heterocycles. The van der Waals surface area contributed by atoms with Gasteiger partial charge < -0.3 is 9.64 Å². The molecule has 0 aromatic heterocycles. The van der Waals surface area contributed by atoms with Crippen LogP contribution in [0.25, 0.3) is 0 Å². The average molecular weight is 253 g/mol. The van der Waals surface area contributed by atoms with Crippen LogP contribution < -0.4 is 0 Å². The fourth-order valence-corrected chi connectivity index (χ4v) is 3.66. The quantitative estimate of drug-likeness (QED) is 0.740. The second-order valence-corrected chi connectivity index (χ2v) is 6.25. The van der Waals surface area contributed by atoms with E-state index in [-0.39, 0.29) is 0 Å². The Hall–Kier alpha value is -0.0800. The Balaban J connectivity index is 1.63. The number of nitrogens with zero attached hydrogens (tertiary/aromatic N) is 1. The highest BCUT2D eigenvalue weighted by Gasteiger charge is 2.25. The van der Waals surface area contributed by atoms with Crippen molar-refractivity contribution in [3.63, 3.8) is 0 Å². The summed E-state index contributed by atoms with van der Waals surface area (Å²) >= 11 is 0. The van der Waals surface area contributed by atoms with E-state index in [4.69, 9.17) is 4.74 Å². The summed E-state index contributed by atoms with van der Waals surface area (Å²) in [4.78, 5) is 2.72. The molecule has 2 fully saturated rings. The maximum atomic E-state index is 5.74. The fraction of sp³-hybridized carbons (Fsp3) is 1.00. The summed E-state index contributed by atoms with van der Waals surface area (Å²) < 4.78 is 5.74. The maximum Gasteiger partial charge on any atom is 0.0575 e. The predicted molar refractivity (Wildman–Crippen MR) is 76.8 cm³/mol. The van der Waals surface area contributed by atoms with E-state index in [0.717, 1.165) is 18.4 Å². The van der Waals surface area contributed by atoms with Gasteiger partial charge >= 0.3 is 0 Å². The van der Waals surface area contributed by atoms with Crippen LogP contribution in [0, 0.1) is 11.8 Å². The van der Waals surface area contributed by atoms with Gasteiger partial charge in [-0.3, -0.25) is 0 Å². The Kier molecular flexibility index (Phi) is 5.97. The Bertz CT molecular complexity index is 215. The molecule has 106 valence electrons. The minimum atomic E-state index is 0.567. The highest BCUT2D eigenvalue weighted by atomic mass is 16.5. The number of likely N-dealkylation sites (tertiary alicyclic amines) is 1. The molecule has 1 aliphatic heterocycles. The zero-order valence-electron chi connectivity index (χ0n) is 12.4. The van der Waals surface area contributed by atoms with Crippen molar-refractivity contribution in [1.82, 2.24) is 4.90 Å². The van der Waals surface area contributed by atoms with Crippen molar-refractivity contribution in [2.45, 2.75) is 64.9 Å². The monoisotopic (exact) mass is 253 g/mol. The molecule has 0 amide bonds. The van der Waals surface area contributed by atoms with Gasteiger partial charge in [-0.2, -0.15) is 0 Å². The van der Waals surface area contributed by atoms with E-state index in [0.29, 0.717) is 6.10 Å². The summed E-state index contributed by atoms with van der Waals surface area (Å²) in [7, 11) is 0. The summed E-state index contributed by atoms with van der Waals surface area (Å²) in [5, 5.41) is 0. The van der Waals surface area contributed by atoms with Gasteiger partial charge in [-0.25, -0.2) is 0 Å². The van der Waals surface area contributed by atoms with Gasteiger partial charge in [0.2, 0.25) is 0 Å². The zero-order valence-corrected chi connectivity index (χ0v) is 12.4. The van der Waals surface area contributed by atoms with Crippen LogP contribution in [0.2, 0.25) is 0 Å². The van der Waals surface area contributed by atoms with Crippen molar-refractivity contribution in [2.75, 3.05) is 26.2 Å². The van der Waals surface area contributed by atoms with Crippen LogP contribution in [0.5, 0.6) is 0 Å². The second kappa shape index (κ2) is 7.49. The standard InChI is InChI=1S/C16H31NO/c1-3-14-9-11-17(12-10-14)13-15-5-7-16(8-6-15)18-4-2/h14-16H,3-13H2,1-2H3. The van der Waals surface area contributed by atoms with Gasteiger partial charge in [0, 0.05) is 13.2 Å².